The summed E-state index contributed by atoms with van der Waals surface area (Å²) in [6, 6.07) is 14.2. The van der Waals surface area contributed by atoms with E-state index in [1.807, 2.05) is 19.1 Å². The van der Waals surface area contributed by atoms with Crippen LogP contribution in [-0.4, -0.2) is 43.8 Å². The maximum Gasteiger partial charge on any atom is 0.288 e. The van der Waals surface area contributed by atoms with Crippen molar-refractivity contribution in [2.45, 2.75) is 6.92 Å². The summed E-state index contributed by atoms with van der Waals surface area (Å²) in [7, 11) is 1.51. The average Bonchev–Trinajstić information content (AvgIpc) is 2.73. The molecule has 0 fully saturated rings. The molecule has 0 aromatic heterocycles. The molecular weight excluding hydrogens is 374 g/mol. The van der Waals surface area contributed by atoms with Crippen LogP contribution in [0.2, 0.25) is 0 Å². The number of rotatable bonds is 6. The molecule has 0 atom stereocenters. The molecule has 0 bridgehead atoms. The lowest BCUT2D eigenvalue weighted by Crippen LogP contribution is -2.56. The number of nitrogens with zero attached hydrogens (tertiary/aromatic N) is 2. The van der Waals surface area contributed by atoms with E-state index >= 15 is 0 Å². The van der Waals surface area contributed by atoms with Gasteiger partial charge in [-0.05, 0) is 36.8 Å². The molecule has 2 aromatic rings. The van der Waals surface area contributed by atoms with Gasteiger partial charge in [-0.1, -0.05) is 24.3 Å². The Labute approximate surface area is 167 Å². The molecule has 2 aromatic carbocycles. The largest absolute Gasteiger partial charge is 0.495 e. The Kier molecular flexibility index (Phi) is 6.08. The summed E-state index contributed by atoms with van der Waals surface area (Å²) in [5, 5.41) is 6.44. The number of aryl methyl sites for hydroxylation is 1. The first-order valence-corrected chi connectivity index (χ1v) is 8.89. The molecule has 0 saturated heterocycles. The van der Waals surface area contributed by atoms with Crippen molar-refractivity contribution in [3.8, 4) is 5.75 Å². The molecule has 9 heteroatoms. The molecule has 3 amide bonds. The lowest BCUT2D eigenvalue weighted by molar-refractivity contribution is -0.120. The van der Waals surface area contributed by atoms with Crippen LogP contribution in [-0.2, 0) is 14.4 Å². The van der Waals surface area contributed by atoms with Crippen LogP contribution in [0.4, 0.5) is 11.4 Å². The maximum atomic E-state index is 12.4. The van der Waals surface area contributed by atoms with Crippen molar-refractivity contribution >= 4 is 34.9 Å². The number of hydrogen-bond acceptors (Lipinski definition) is 6. The minimum atomic E-state index is -0.593. The van der Waals surface area contributed by atoms with Crippen molar-refractivity contribution in [3.63, 3.8) is 0 Å². The molecule has 3 N–H and O–H groups in total. The Morgan fingerprint density at radius 2 is 1.97 bits per heavy atom. The van der Waals surface area contributed by atoms with Gasteiger partial charge in [0.15, 0.2) is 0 Å². The van der Waals surface area contributed by atoms with Gasteiger partial charge in [-0.15, -0.1) is 0 Å². The van der Waals surface area contributed by atoms with Crippen molar-refractivity contribution in [3.05, 3.63) is 54.1 Å². The van der Waals surface area contributed by atoms with Crippen LogP contribution in [0, 0.1) is 6.92 Å². The fourth-order valence-corrected chi connectivity index (χ4v) is 2.69. The van der Waals surface area contributed by atoms with Crippen LogP contribution in [0.15, 0.2) is 53.5 Å². The van der Waals surface area contributed by atoms with Crippen LogP contribution >= 0.6 is 0 Å². The van der Waals surface area contributed by atoms with Gasteiger partial charge in [-0.3, -0.25) is 24.8 Å². The quantitative estimate of drug-likeness (QED) is 0.676. The molecule has 0 saturated carbocycles. The third-order valence-corrected chi connectivity index (χ3v) is 4.11. The molecule has 1 aliphatic rings. The number of amides is 3. The molecule has 1 heterocycles. The second-order valence-electron chi connectivity index (χ2n) is 6.28. The van der Waals surface area contributed by atoms with Crippen LogP contribution < -0.4 is 25.8 Å². The summed E-state index contributed by atoms with van der Waals surface area (Å²) in [4.78, 5) is 40.6. The number of ether oxygens (including phenoxy) is 1. The monoisotopic (exact) mass is 395 g/mol. The summed E-state index contributed by atoms with van der Waals surface area (Å²) in [5.41, 5.74) is 4.74. The van der Waals surface area contributed by atoms with E-state index in [1.54, 1.807) is 36.4 Å². The zero-order valence-electron chi connectivity index (χ0n) is 16.1. The van der Waals surface area contributed by atoms with Gasteiger partial charge in [0.25, 0.3) is 11.8 Å². The van der Waals surface area contributed by atoms with Crippen molar-refractivity contribution in [2.24, 2.45) is 4.99 Å². The Morgan fingerprint density at radius 1 is 1.21 bits per heavy atom. The minimum absolute atomic E-state index is 0.0469. The number of carbonyl (C=O) groups is 3. The predicted molar refractivity (Wildman–Crippen MR) is 109 cm³/mol. The van der Waals surface area contributed by atoms with Crippen molar-refractivity contribution in [2.75, 3.05) is 30.5 Å². The van der Waals surface area contributed by atoms with Gasteiger partial charge in [0, 0.05) is 0 Å². The van der Waals surface area contributed by atoms with Crippen LogP contribution in [0.3, 0.4) is 0 Å². The third-order valence-electron chi connectivity index (χ3n) is 4.11. The highest BCUT2D eigenvalue weighted by atomic mass is 16.5. The van der Waals surface area contributed by atoms with E-state index in [0.29, 0.717) is 17.1 Å². The summed E-state index contributed by atoms with van der Waals surface area (Å²) < 4.78 is 5.22. The fourth-order valence-electron chi connectivity index (χ4n) is 2.69. The zero-order chi connectivity index (χ0) is 20.8. The number of hydrogen-bond donors (Lipinski definition) is 3. The molecule has 29 heavy (non-hydrogen) atoms. The van der Waals surface area contributed by atoms with Crippen LogP contribution in [0.25, 0.3) is 0 Å². The van der Waals surface area contributed by atoms with Gasteiger partial charge in [0.2, 0.25) is 11.7 Å². The van der Waals surface area contributed by atoms with Gasteiger partial charge in [0.1, 0.15) is 12.3 Å². The lowest BCUT2D eigenvalue weighted by atomic mass is 10.2. The fraction of sp³-hybridized carbons (Fsp3) is 0.200. The highest BCUT2D eigenvalue weighted by molar-refractivity contribution is 6.39. The number of methoxy groups -OCH3 is 1. The van der Waals surface area contributed by atoms with Gasteiger partial charge >= 0.3 is 0 Å². The van der Waals surface area contributed by atoms with Crippen molar-refractivity contribution in [1.82, 2.24) is 10.7 Å². The van der Waals surface area contributed by atoms with Crippen LogP contribution in [0.1, 0.15) is 5.56 Å². The Hall–Kier alpha value is -3.88. The highest BCUT2D eigenvalue weighted by Gasteiger charge is 2.25. The van der Waals surface area contributed by atoms with Gasteiger partial charge in [-0.2, -0.15) is 0 Å². The minimum Gasteiger partial charge on any atom is -0.495 e. The topological polar surface area (TPSA) is 112 Å². The second-order valence-corrected chi connectivity index (χ2v) is 6.28. The predicted octanol–water partition coefficient (Wildman–Crippen LogP) is 1.01. The van der Waals surface area contributed by atoms with E-state index in [2.05, 4.69) is 21.1 Å². The molecule has 0 aliphatic carbocycles. The summed E-state index contributed by atoms with van der Waals surface area (Å²) in [6.07, 6.45) is 0. The summed E-state index contributed by atoms with van der Waals surface area (Å²) >= 11 is 0. The van der Waals surface area contributed by atoms with E-state index in [9.17, 15) is 14.4 Å². The molecule has 0 radical (unpaired) electrons. The third kappa shape index (κ3) is 4.89. The summed E-state index contributed by atoms with van der Waals surface area (Å²) in [5.74, 6) is -0.837. The van der Waals surface area contributed by atoms with Crippen LogP contribution in [0.5, 0.6) is 5.75 Å². The number of aliphatic imine (C=N–C) groups is 1. The van der Waals surface area contributed by atoms with E-state index in [1.165, 1.54) is 12.1 Å². The number of benzene rings is 2. The Balaban J connectivity index is 1.58. The summed E-state index contributed by atoms with van der Waals surface area (Å²) in [6.45, 7) is 1.46. The number of para-hydroxylation sites is 1. The number of carbonyl (C=O) groups excluding carboxylic acids is 3. The van der Waals surface area contributed by atoms with E-state index in [0.717, 1.165) is 5.56 Å². The number of amidine groups is 1. The van der Waals surface area contributed by atoms with E-state index in [-0.39, 0.29) is 24.8 Å². The second kappa shape index (κ2) is 8.87. The van der Waals surface area contributed by atoms with Crippen molar-refractivity contribution in [1.29, 1.82) is 0 Å². The van der Waals surface area contributed by atoms with E-state index in [4.69, 9.17) is 4.74 Å². The first kappa shape index (κ1) is 19.9. The molecule has 0 unspecified atom stereocenters. The number of nitrogens with one attached hydrogen (secondary N) is 3. The molecule has 9 nitrogen and oxygen atoms in total. The molecule has 3 rings (SSSR count). The first-order valence-electron chi connectivity index (χ1n) is 8.89. The Morgan fingerprint density at radius 3 is 2.69 bits per heavy atom. The normalized spacial score (nSPS) is 13.2. The molecular formula is C20H21N5O4. The SMILES string of the molecule is COc1ccc(C)cc1NC(=O)CNC(=O)C1=NCC(=O)N(c2ccccc2)N1. The Bertz CT molecular complexity index is 959. The van der Waals surface area contributed by atoms with Gasteiger partial charge < -0.3 is 15.4 Å². The number of hydrazine groups is 1. The van der Waals surface area contributed by atoms with Gasteiger partial charge in [0.05, 0.1) is 25.0 Å². The standard InChI is InChI=1S/C20H21N5O4/c1-13-8-9-16(29-2)15(10-13)23-17(26)11-22-20(28)19-21-12-18(27)25(24-19)14-6-4-3-5-7-14/h3-10H,11-12H2,1-2H3,(H,21,24)(H,22,28)(H,23,26). The maximum absolute atomic E-state index is 12.4. The van der Waals surface area contributed by atoms with E-state index < -0.39 is 11.8 Å². The highest BCUT2D eigenvalue weighted by Crippen LogP contribution is 2.24. The average molecular weight is 395 g/mol. The lowest BCUT2D eigenvalue weighted by Gasteiger charge is -2.27. The first-order chi connectivity index (χ1) is 14.0. The van der Waals surface area contributed by atoms with Crippen molar-refractivity contribution < 1.29 is 19.1 Å². The number of anilines is 2. The molecule has 0 spiro atoms. The smallest absolute Gasteiger partial charge is 0.288 e. The van der Waals surface area contributed by atoms with Gasteiger partial charge in [-0.25, -0.2) is 5.01 Å². The zero-order valence-corrected chi connectivity index (χ0v) is 16.1. The molecule has 1 aliphatic heterocycles. The molecule has 150 valence electrons.